The molecule has 1 aliphatic heterocycles. The Kier molecular flexibility index (Phi) is 4.52. The molecule has 1 atom stereocenters. The third-order valence-corrected chi connectivity index (χ3v) is 6.19. The summed E-state index contributed by atoms with van der Waals surface area (Å²) in [4.78, 5) is 0. The molecule has 1 aromatic carbocycles. The van der Waals surface area contributed by atoms with Gasteiger partial charge in [0.2, 0.25) is 0 Å². The monoisotopic (exact) mass is 334 g/mol. The van der Waals surface area contributed by atoms with Gasteiger partial charge >= 0.3 is 0 Å². The fourth-order valence-corrected chi connectivity index (χ4v) is 4.13. The maximum absolute atomic E-state index is 12.3. The molecule has 0 bridgehead atoms. The van der Waals surface area contributed by atoms with E-state index in [1.807, 2.05) is 36.4 Å². The minimum atomic E-state index is -3.35. The first-order valence-corrected chi connectivity index (χ1v) is 9.16. The third kappa shape index (κ3) is 3.31. The van der Waals surface area contributed by atoms with Crippen LogP contribution in [-0.2, 0) is 10.2 Å². The number of aromatic nitrogens is 2. The highest BCUT2D eigenvalue weighted by atomic mass is 32.2. The molecule has 1 aliphatic rings. The molecule has 1 fully saturated rings. The summed E-state index contributed by atoms with van der Waals surface area (Å²) in [6.45, 7) is 1.08. The van der Waals surface area contributed by atoms with Crippen LogP contribution < -0.4 is 0 Å². The molecule has 0 amide bonds. The molecule has 6 nitrogen and oxygen atoms in total. The van der Waals surface area contributed by atoms with Gasteiger partial charge in [-0.15, -0.1) is 0 Å². The molecule has 124 valence electrons. The van der Waals surface area contributed by atoms with Gasteiger partial charge in [0, 0.05) is 44.4 Å². The molecule has 0 radical (unpaired) electrons. The van der Waals surface area contributed by atoms with Crippen LogP contribution >= 0.6 is 0 Å². The summed E-state index contributed by atoms with van der Waals surface area (Å²) < 4.78 is 27.5. The zero-order valence-corrected chi connectivity index (χ0v) is 14.3. The lowest BCUT2D eigenvalue weighted by Gasteiger charge is -2.32. The lowest BCUT2D eigenvalue weighted by atomic mass is 9.96. The Labute approximate surface area is 137 Å². The molecule has 1 unspecified atom stereocenters. The first-order chi connectivity index (χ1) is 11.0. The van der Waals surface area contributed by atoms with E-state index in [9.17, 15) is 8.42 Å². The highest BCUT2D eigenvalue weighted by molar-refractivity contribution is 7.86. The Morgan fingerprint density at radius 1 is 1.26 bits per heavy atom. The van der Waals surface area contributed by atoms with Crippen molar-refractivity contribution >= 4 is 10.2 Å². The van der Waals surface area contributed by atoms with Crippen molar-refractivity contribution in [3.63, 3.8) is 0 Å². The standard InChI is InChI=1S/C16H22N4O2S/c1-19(2)23(21,22)20-10-6-9-14(12-20)16-11-15(17-18-16)13-7-4-3-5-8-13/h3-5,7-8,11,14H,6,9-10,12H2,1-2H3,(H,17,18). The van der Waals surface area contributed by atoms with Gasteiger partial charge in [-0.3, -0.25) is 5.10 Å². The second-order valence-corrected chi connectivity index (χ2v) is 8.20. The molecule has 23 heavy (non-hydrogen) atoms. The lowest BCUT2D eigenvalue weighted by molar-refractivity contribution is 0.296. The Morgan fingerprint density at radius 3 is 2.70 bits per heavy atom. The van der Waals surface area contributed by atoms with Gasteiger partial charge < -0.3 is 0 Å². The molecule has 0 spiro atoms. The highest BCUT2D eigenvalue weighted by Gasteiger charge is 2.31. The number of nitrogens with zero attached hydrogens (tertiary/aromatic N) is 3. The fourth-order valence-electron chi connectivity index (χ4n) is 2.94. The Morgan fingerprint density at radius 2 is 2.00 bits per heavy atom. The van der Waals surface area contributed by atoms with Gasteiger partial charge in [-0.05, 0) is 18.9 Å². The quantitative estimate of drug-likeness (QED) is 0.930. The molecule has 0 aliphatic carbocycles. The fraction of sp³-hybridized carbons (Fsp3) is 0.438. The van der Waals surface area contributed by atoms with E-state index in [1.54, 1.807) is 18.4 Å². The van der Waals surface area contributed by atoms with E-state index in [-0.39, 0.29) is 5.92 Å². The van der Waals surface area contributed by atoms with Gasteiger partial charge in [-0.1, -0.05) is 30.3 Å². The molecule has 1 N–H and O–H groups in total. The van der Waals surface area contributed by atoms with Crippen LogP contribution in [0, 0.1) is 0 Å². The molecular weight excluding hydrogens is 312 g/mol. The highest BCUT2D eigenvalue weighted by Crippen LogP contribution is 2.29. The van der Waals surface area contributed by atoms with Crippen molar-refractivity contribution in [2.24, 2.45) is 0 Å². The summed E-state index contributed by atoms with van der Waals surface area (Å²) >= 11 is 0. The number of hydrogen-bond donors (Lipinski definition) is 1. The summed E-state index contributed by atoms with van der Waals surface area (Å²) in [6, 6.07) is 12.0. The number of rotatable bonds is 4. The zero-order valence-electron chi connectivity index (χ0n) is 13.4. The first kappa shape index (κ1) is 16.2. The number of piperidine rings is 1. The average Bonchev–Trinajstić information content (AvgIpc) is 3.06. The summed E-state index contributed by atoms with van der Waals surface area (Å²) in [5.41, 5.74) is 2.96. The number of benzene rings is 1. The maximum Gasteiger partial charge on any atom is 0.281 e. The van der Waals surface area contributed by atoms with Gasteiger partial charge in [0.15, 0.2) is 0 Å². The van der Waals surface area contributed by atoms with E-state index in [2.05, 4.69) is 10.2 Å². The second kappa shape index (κ2) is 6.43. The van der Waals surface area contributed by atoms with Crippen LogP contribution in [0.1, 0.15) is 24.5 Å². The van der Waals surface area contributed by atoms with Gasteiger partial charge in [-0.25, -0.2) is 0 Å². The second-order valence-electron chi connectivity index (χ2n) is 6.06. The van der Waals surface area contributed by atoms with Gasteiger partial charge in [0.25, 0.3) is 10.2 Å². The van der Waals surface area contributed by atoms with Crippen molar-refractivity contribution in [1.82, 2.24) is 18.8 Å². The van der Waals surface area contributed by atoms with E-state index in [0.29, 0.717) is 13.1 Å². The summed E-state index contributed by atoms with van der Waals surface area (Å²) in [6.07, 6.45) is 1.83. The van der Waals surface area contributed by atoms with Crippen molar-refractivity contribution in [2.45, 2.75) is 18.8 Å². The van der Waals surface area contributed by atoms with Crippen molar-refractivity contribution in [1.29, 1.82) is 0 Å². The topological polar surface area (TPSA) is 69.3 Å². The number of H-pyrrole nitrogens is 1. The van der Waals surface area contributed by atoms with Crippen LogP contribution in [0.4, 0.5) is 0 Å². The van der Waals surface area contributed by atoms with Crippen LogP contribution in [0.5, 0.6) is 0 Å². The van der Waals surface area contributed by atoms with E-state index in [1.165, 1.54) is 4.31 Å². The van der Waals surface area contributed by atoms with Crippen LogP contribution in [0.3, 0.4) is 0 Å². The molecule has 1 saturated heterocycles. The molecule has 1 aromatic heterocycles. The van der Waals surface area contributed by atoms with E-state index in [4.69, 9.17) is 0 Å². The summed E-state index contributed by atoms with van der Waals surface area (Å²) in [5.74, 6) is 0.156. The van der Waals surface area contributed by atoms with Crippen LogP contribution in [-0.4, -0.2) is 54.4 Å². The first-order valence-electron chi connectivity index (χ1n) is 7.77. The van der Waals surface area contributed by atoms with Crippen molar-refractivity contribution in [3.8, 4) is 11.3 Å². The zero-order chi connectivity index (χ0) is 16.4. The van der Waals surface area contributed by atoms with Gasteiger partial charge in [0.1, 0.15) is 0 Å². The van der Waals surface area contributed by atoms with Crippen molar-refractivity contribution < 1.29 is 8.42 Å². The van der Waals surface area contributed by atoms with Crippen LogP contribution in [0.15, 0.2) is 36.4 Å². The minimum Gasteiger partial charge on any atom is -0.282 e. The number of aromatic amines is 1. The summed E-state index contributed by atoms with van der Waals surface area (Å²) in [5, 5.41) is 7.47. The average molecular weight is 334 g/mol. The Hall–Kier alpha value is -1.70. The Balaban J connectivity index is 1.79. The van der Waals surface area contributed by atoms with E-state index < -0.39 is 10.2 Å². The normalized spacial score (nSPS) is 20.0. The lowest BCUT2D eigenvalue weighted by Crippen LogP contribution is -2.44. The SMILES string of the molecule is CN(C)S(=O)(=O)N1CCCC(c2cc(-c3ccccc3)n[nH]2)C1. The minimum absolute atomic E-state index is 0.156. The number of nitrogens with one attached hydrogen (secondary N) is 1. The predicted octanol–water partition coefficient (Wildman–Crippen LogP) is 2.06. The molecule has 2 aromatic rings. The molecule has 3 rings (SSSR count). The maximum atomic E-state index is 12.3. The molecule has 2 heterocycles. The van der Waals surface area contributed by atoms with Gasteiger partial charge in [-0.2, -0.15) is 22.1 Å². The van der Waals surface area contributed by atoms with Crippen LogP contribution in [0.25, 0.3) is 11.3 Å². The largest absolute Gasteiger partial charge is 0.282 e. The number of hydrogen-bond acceptors (Lipinski definition) is 3. The van der Waals surface area contributed by atoms with E-state index in [0.717, 1.165) is 29.8 Å². The Bertz CT molecular complexity index is 755. The third-order valence-electron chi connectivity index (χ3n) is 4.28. The smallest absolute Gasteiger partial charge is 0.281 e. The summed E-state index contributed by atoms with van der Waals surface area (Å²) in [7, 11) is -0.210. The predicted molar refractivity (Wildman–Crippen MR) is 90.2 cm³/mol. The molecule has 7 heteroatoms. The van der Waals surface area contributed by atoms with Crippen molar-refractivity contribution in [3.05, 3.63) is 42.1 Å². The van der Waals surface area contributed by atoms with Crippen molar-refractivity contribution in [2.75, 3.05) is 27.2 Å². The van der Waals surface area contributed by atoms with E-state index >= 15 is 0 Å². The van der Waals surface area contributed by atoms with Crippen LogP contribution in [0.2, 0.25) is 0 Å². The molecule has 0 saturated carbocycles. The molecular formula is C16H22N4O2S. The van der Waals surface area contributed by atoms with Gasteiger partial charge in [0.05, 0.1) is 5.69 Å².